The molecule has 0 spiro atoms. The molecular weight excluding hydrogens is 230 g/mol. The number of carbonyl (C=O) groups is 1. The van der Waals surface area contributed by atoms with Crippen molar-refractivity contribution in [3.05, 3.63) is 0 Å². The van der Waals surface area contributed by atoms with Crippen molar-refractivity contribution in [3.63, 3.8) is 0 Å². The number of hydrogen-bond donors (Lipinski definition) is 2. The van der Waals surface area contributed by atoms with Crippen molar-refractivity contribution in [2.24, 2.45) is 11.7 Å². The lowest BCUT2D eigenvalue weighted by molar-refractivity contribution is -0.142. The number of carboxylic acids is 1. The molecule has 18 heavy (non-hydrogen) atoms. The number of aliphatic carboxylic acids is 1. The Morgan fingerprint density at radius 1 is 1.33 bits per heavy atom. The Bertz CT molecular complexity index is 247. The van der Waals surface area contributed by atoms with E-state index in [2.05, 4.69) is 0 Å². The minimum absolute atomic E-state index is 0.509. The van der Waals surface area contributed by atoms with Crippen molar-refractivity contribution in [2.75, 3.05) is 13.2 Å². The van der Waals surface area contributed by atoms with Gasteiger partial charge in [-0.2, -0.15) is 0 Å². The van der Waals surface area contributed by atoms with Crippen LogP contribution in [-0.4, -0.2) is 29.8 Å². The van der Waals surface area contributed by atoms with Gasteiger partial charge in [0.05, 0.1) is 0 Å². The van der Waals surface area contributed by atoms with E-state index in [0.29, 0.717) is 6.42 Å². The maximum atomic E-state index is 10.8. The molecule has 1 unspecified atom stereocenters. The van der Waals surface area contributed by atoms with E-state index in [9.17, 15) is 4.79 Å². The summed E-state index contributed by atoms with van der Waals surface area (Å²) >= 11 is 0. The number of ether oxygens (including phenoxy) is 1. The van der Waals surface area contributed by atoms with Crippen molar-refractivity contribution in [1.29, 1.82) is 0 Å². The number of unbranched alkanes of at least 4 members (excludes halogenated alkanes) is 1. The van der Waals surface area contributed by atoms with Crippen LogP contribution in [0.3, 0.4) is 0 Å². The first-order chi connectivity index (χ1) is 8.52. The summed E-state index contributed by atoms with van der Waals surface area (Å²) in [7, 11) is 0. The van der Waals surface area contributed by atoms with Gasteiger partial charge in [-0.05, 0) is 44.9 Å². The van der Waals surface area contributed by atoms with E-state index >= 15 is 0 Å². The third-order valence-electron chi connectivity index (χ3n) is 3.80. The molecule has 1 aliphatic carbocycles. The lowest BCUT2D eigenvalue weighted by atomic mass is 9.90. The third-order valence-corrected chi connectivity index (χ3v) is 3.80. The summed E-state index contributed by atoms with van der Waals surface area (Å²) in [4.78, 5) is 10.8. The van der Waals surface area contributed by atoms with Gasteiger partial charge in [-0.1, -0.05) is 19.3 Å². The highest BCUT2D eigenvalue weighted by atomic mass is 16.5. The summed E-state index contributed by atoms with van der Waals surface area (Å²) in [6.45, 7) is 3.17. The molecule has 1 fully saturated rings. The van der Waals surface area contributed by atoms with Crippen LogP contribution in [0.15, 0.2) is 0 Å². The van der Waals surface area contributed by atoms with Gasteiger partial charge in [0.2, 0.25) is 0 Å². The normalized spacial score (nSPS) is 20.6. The lowest BCUT2D eigenvalue weighted by Gasteiger charge is -2.21. The van der Waals surface area contributed by atoms with E-state index in [4.69, 9.17) is 15.6 Å². The zero-order chi connectivity index (χ0) is 13.4. The largest absolute Gasteiger partial charge is 0.480 e. The van der Waals surface area contributed by atoms with E-state index < -0.39 is 11.5 Å². The van der Waals surface area contributed by atoms with E-state index in [1.54, 1.807) is 6.92 Å². The standard InChI is InChI=1S/C14H27NO3/c1-14(15,13(16)17)9-5-6-10-18-11-12-7-3-2-4-8-12/h12H,2-11,15H2,1H3,(H,16,17). The van der Waals surface area contributed by atoms with Crippen LogP contribution >= 0.6 is 0 Å². The number of rotatable bonds is 8. The van der Waals surface area contributed by atoms with Gasteiger partial charge < -0.3 is 15.6 Å². The SMILES string of the molecule is CC(N)(CCCCOCC1CCCCC1)C(=O)O. The van der Waals surface area contributed by atoms with Gasteiger partial charge in [0.25, 0.3) is 0 Å². The Labute approximate surface area is 110 Å². The molecular formula is C14H27NO3. The highest BCUT2D eigenvalue weighted by molar-refractivity contribution is 5.77. The van der Waals surface area contributed by atoms with Crippen LogP contribution in [0.2, 0.25) is 0 Å². The Balaban J connectivity index is 1.97. The fourth-order valence-electron chi connectivity index (χ4n) is 2.41. The average molecular weight is 257 g/mol. The highest BCUT2D eigenvalue weighted by Gasteiger charge is 2.26. The van der Waals surface area contributed by atoms with Crippen LogP contribution < -0.4 is 5.73 Å². The predicted molar refractivity (Wildman–Crippen MR) is 71.5 cm³/mol. The number of hydrogen-bond acceptors (Lipinski definition) is 3. The molecule has 0 aliphatic heterocycles. The van der Waals surface area contributed by atoms with Crippen molar-refractivity contribution >= 4 is 5.97 Å². The van der Waals surface area contributed by atoms with Gasteiger partial charge in [0, 0.05) is 13.2 Å². The van der Waals surface area contributed by atoms with Gasteiger partial charge in [-0.3, -0.25) is 4.79 Å². The average Bonchev–Trinajstić information content (AvgIpc) is 2.34. The number of nitrogens with two attached hydrogens (primary N) is 1. The molecule has 0 bridgehead atoms. The summed E-state index contributed by atoms with van der Waals surface area (Å²) < 4.78 is 5.66. The Kier molecular flexibility index (Phi) is 6.65. The molecule has 1 saturated carbocycles. The molecule has 0 aromatic heterocycles. The minimum atomic E-state index is -1.09. The fourth-order valence-corrected chi connectivity index (χ4v) is 2.41. The topological polar surface area (TPSA) is 72.5 Å². The summed E-state index contributed by atoms with van der Waals surface area (Å²) in [6, 6.07) is 0. The molecule has 0 aromatic carbocycles. The Hall–Kier alpha value is -0.610. The van der Waals surface area contributed by atoms with E-state index in [0.717, 1.165) is 32.0 Å². The van der Waals surface area contributed by atoms with Crippen molar-refractivity contribution in [1.82, 2.24) is 0 Å². The summed E-state index contributed by atoms with van der Waals surface area (Å²) in [5.74, 6) is -0.178. The minimum Gasteiger partial charge on any atom is -0.480 e. The van der Waals surface area contributed by atoms with Gasteiger partial charge in [0.1, 0.15) is 5.54 Å². The zero-order valence-corrected chi connectivity index (χ0v) is 11.5. The summed E-state index contributed by atoms with van der Waals surface area (Å²) in [5, 5.41) is 8.86. The first kappa shape index (κ1) is 15.4. The molecule has 4 nitrogen and oxygen atoms in total. The first-order valence-electron chi connectivity index (χ1n) is 7.12. The Morgan fingerprint density at radius 2 is 2.00 bits per heavy atom. The fraction of sp³-hybridized carbons (Fsp3) is 0.929. The number of carboxylic acid groups (broad SMARTS) is 1. The van der Waals surface area contributed by atoms with E-state index in [1.807, 2.05) is 0 Å². The quantitative estimate of drug-likeness (QED) is 0.655. The maximum absolute atomic E-state index is 10.8. The van der Waals surface area contributed by atoms with Crippen molar-refractivity contribution < 1.29 is 14.6 Å². The zero-order valence-electron chi connectivity index (χ0n) is 11.5. The second-order valence-corrected chi connectivity index (χ2v) is 5.76. The molecule has 106 valence electrons. The van der Waals surface area contributed by atoms with Gasteiger partial charge >= 0.3 is 5.97 Å². The van der Waals surface area contributed by atoms with Crippen molar-refractivity contribution in [3.8, 4) is 0 Å². The van der Waals surface area contributed by atoms with Gasteiger partial charge in [0.15, 0.2) is 0 Å². The molecule has 1 aliphatic rings. The van der Waals surface area contributed by atoms with Gasteiger partial charge in [-0.25, -0.2) is 0 Å². The maximum Gasteiger partial charge on any atom is 0.323 e. The molecule has 0 amide bonds. The van der Waals surface area contributed by atoms with Crippen LogP contribution in [-0.2, 0) is 9.53 Å². The van der Waals surface area contributed by atoms with Crippen LogP contribution in [0.4, 0.5) is 0 Å². The van der Waals surface area contributed by atoms with E-state index in [-0.39, 0.29) is 0 Å². The smallest absolute Gasteiger partial charge is 0.323 e. The predicted octanol–water partition coefficient (Wildman–Crippen LogP) is 2.56. The molecule has 0 saturated heterocycles. The first-order valence-corrected chi connectivity index (χ1v) is 7.12. The summed E-state index contributed by atoms with van der Waals surface area (Å²) in [5.41, 5.74) is 4.56. The van der Waals surface area contributed by atoms with Crippen LogP contribution in [0.25, 0.3) is 0 Å². The molecule has 0 heterocycles. The molecule has 0 aromatic rings. The monoisotopic (exact) mass is 257 g/mol. The Morgan fingerprint density at radius 3 is 2.61 bits per heavy atom. The molecule has 4 heteroatoms. The van der Waals surface area contributed by atoms with Gasteiger partial charge in [-0.15, -0.1) is 0 Å². The molecule has 0 radical (unpaired) electrons. The molecule has 1 rings (SSSR count). The second-order valence-electron chi connectivity index (χ2n) is 5.76. The van der Waals surface area contributed by atoms with Crippen LogP contribution in [0.5, 0.6) is 0 Å². The van der Waals surface area contributed by atoms with E-state index in [1.165, 1.54) is 32.1 Å². The summed E-state index contributed by atoms with van der Waals surface area (Å²) in [6.07, 6.45) is 8.89. The second kappa shape index (κ2) is 7.74. The lowest BCUT2D eigenvalue weighted by Crippen LogP contribution is -2.44. The molecule has 3 N–H and O–H groups in total. The van der Waals surface area contributed by atoms with Crippen LogP contribution in [0, 0.1) is 5.92 Å². The van der Waals surface area contributed by atoms with Crippen molar-refractivity contribution in [2.45, 2.75) is 63.8 Å². The molecule has 1 atom stereocenters. The third kappa shape index (κ3) is 5.83. The highest BCUT2D eigenvalue weighted by Crippen LogP contribution is 2.23. The van der Waals surface area contributed by atoms with Crippen LogP contribution in [0.1, 0.15) is 58.3 Å².